The zero-order chi connectivity index (χ0) is 18.9. The van der Waals surface area contributed by atoms with E-state index >= 15 is 0 Å². The first-order chi connectivity index (χ1) is 12.2. The standard InChI is InChI=1S/C21H32O5/c1-20-6-5-12(23)7-11(20)3-4-13-14-8-15(24)19(17(26)10-22)21(14,2)9-16(25)18(13)20/h7,13-19,22,24-26H,3-6,8-10H2,1-2H3/t13-,14-,15+,16-,17?,18+,19+,20-,21-/m0/s1. The molecule has 0 radical (unpaired) electrons. The van der Waals surface area contributed by atoms with Gasteiger partial charge in [-0.2, -0.15) is 0 Å². The number of ketones is 1. The molecule has 0 aromatic heterocycles. The van der Waals surface area contributed by atoms with Crippen LogP contribution >= 0.6 is 0 Å². The Morgan fingerprint density at radius 3 is 2.65 bits per heavy atom. The molecule has 5 nitrogen and oxygen atoms in total. The summed E-state index contributed by atoms with van der Waals surface area (Å²) >= 11 is 0. The quantitative estimate of drug-likeness (QED) is 0.594. The molecular weight excluding hydrogens is 332 g/mol. The lowest BCUT2D eigenvalue weighted by Gasteiger charge is -2.60. The summed E-state index contributed by atoms with van der Waals surface area (Å²) in [7, 11) is 0. The van der Waals surface area contributed by atoms with E-state index in [9.17, 15) is 25.2 Å². The van der Waals surface area contributed by atoms with Gasteiger partial charge >= 0.3 is 0 Å². The van der Waals surface area contributed by atoms with Gasteiger partial charge in [-0.3, -0.25) is 4.79 Å². The molecule has 0 amide bonds. The number of fused-ring (bicyclic) bond motifs is 5. The molecule has 3 fully saturated rings. The molecule has 5 heteroatoms. The molecular formula is C21H32O5. The van der Waals surface area contributed by atoms with Crippen LogP contribution in [0.15, 0.2) is 11.6 Å². The summed E-state index contributed by atoms with van der Waals surface area (Å²) < 4.78 is 0. The topological polar surface area (TPSA) is 98.0 Å². The number of allylic oxidation sites excluding steroid dienone is 1. The molecule has 0 aromatic rings. The van der Waals surface area contributed by atoms with Gasteiger partial charge in [-0.05, 0) is 66.8 Å². The lowest BCUT2D eigenvalue weighted by Crippen LogP contribution is -2.57. The predicted octanol–water partition coefficient (Wildman–Crippen LogP) is 1.43. The minimum atomic E-state index is -0.953. The fourth-order valence-corrected chi connectivity index (χ4v) is 7.55. The van der Waals surface area contributed by atoms with E-state index in [4.69, 9.17) is 0 Å². The molecule has 0 aromatic carbocycles. The predicted molar refractivity (Wildman–Crippen MR) is 96.1 cm³/mol. The van der Waals surface area contributed by atoms with Crippen molar-refractivity contribution in [3.8, 4) is 0 Å². The van der Waals surface area contributed by atoms with Crippen LogP contribution in [0.2, 0.25) is 0 Å². The Morgan fingerprint density at radius 1 is 1.23 bits per heavy atom. The van der Waals surface area contributed by atoms with Crippen molar-refractivity contribution in [2.75, 3.05) is 6.61 Å². The highest BCUT2D eigenvalue weighted by Gasteiger charge is 2.64. The van der Waals surface area contributed by atoms with Gasteiger partial charge < -0.3 is 20.4 Å². The smallest absolute Gasteiger partial charge is 0.155 e. The summed E-state index contributed by atoms with van der Waals surface area (Å²) in [5, 5.41) is 41.7. The monoisotopic (exact) mass is 364 g/mol. The van der Waals surface area contributed by atoms with E-state index in [0.717, 1.165) is 19.3 Å². The van der Waals surface area contributed by atoms with E-state index in [-0.39, 0.29) is 41.0 Å². The molecule has 146 valence electrons. The van der Waals surface area contributed by atoms with Crippen LogP contribution in [0.5, 0.6) is 0 Å². The highest BCUT2D eigenvalue weighted by atomic mass is 16.3. The third kappa shape index (κ3) is 2.40. The SMILES string of the molecule is C[C@]12C[C@H](O)[C@H]3[C@@H](CCC4=CC(=O)CC[C@@]43C)[C@@H]1C[C@@H](O)[C@@H]2C(O)CO. The van der Waals surface area contributed by atoms with Crippen molar-refractivity contribution in [1.82, 2.24) is 0 Å². The Morgan fingerprint density at radius 2 is 1.96 bits per heavy atom. The van der Waals surface area contributed by atoms with Crippen molar-refractivity contribution < 1.29 is 25.2 Å². The van der Waals surface area contributed by atoms with Gasteiger partial charge in [0, 0.05) is 12.3 Å². The fraction of sp³-hybridized carbons (Fsp3) is 0.857. The first-order valence-electron chi connectivity index (χ1n) is 10.1. The maximum absolute atomic E-state index is 11.9. The van der Waals surface area contributed by atoms with E-state index in [1.807, 2.05) is 6.08 Å². The molecule has 0 spiro atoms. The molecule has 0 heterocycles. The zero-order valence-electron chi connectivity index (χ0n) is 15.8. The second kappa shape index (κ2) is 6.13. The van der Waals surface area contributed by atoms with Crippen molar-refractivity contribution in [3.05, 3.63) is 11.6 Å². The van der Waals surface area contributed by atoms with Crippen LogP contribution in [-0.2, 0) is 4.79 Å². The Kier molecular flexibility index (Phi) is 4.39. The molecule has 1 unspecified atom stereocenters. The summed E-state index contributed by atoms with van der Waals surface area (Å²) in [6, 6.07) is 0. The number of carbonyl (C=O) groups excluding carboxylic acids is 1. The summed E-state index contributed by atoms with van der Waals surface area (Å²) in [5.41, 5.74) is 0.684. The summed E-state index contributed by atoms with van der Waals surface area (Å²) in [6.07, 6.45) is 4.02. The Hall–Kier alpha value is -0.750. The Bertz CT molecular complexity index is 630. The summed E-state index contributed by atoms with van der Waals surface area (Å²) in [6.45, 7) is 3.93. The number of aliphatic hydroxyl groups excluding tert-OH is 4. The number of hydrogen-bond acceptors (Lipinski definition) is 5. The second-order valence-corrected chi connectivity index (χ2v) is 9.74. The van der Waals surface area contributed by atoms with Crippen LogP contribution in [-0.4, -0.2) is 51.1 Å². The van der Waals surface area contributed by atoms with Gasteiger partial charge in [-0.25, -0.2) is 0 Å². The number of carbonyl (C=O) groups is 1. The van der Waals surface area contributed by atoms with Crippen LogP contribution in [0.25, 0.3) is 0 Å². The van der Waals surface area contributed by atoms with Crippen LogP contribution in [0, 0.1) is 34.5 Å². The first kappa shape index (κ1) is 18.6. The maximum atomic E-state index is 11.9. The number of hydrogen-bond donors (Lipinski definition) is 4. The minimum Gasteiger partial charge on any atom is -0.394 e. The fourth-order valence-electron chi connectivity index (χ4n) is 7.55. The molecule has 0 saturated heterocycles. The van der Waals surface area contributed by atoms with Crippen LogP contribution < -0.4 is 0 Å². The first-order valence-corrected chi connectivity index (χ1v) is 10.1. The van der Waals surface area contributed by atoms with Gasteiger partial charge in [0.05, 0.1) is 24.9 Å². The second-order valence-electron chi connectivity index (χ2n) is 9.74. The summed E-state index contributed by atoms with van der Waals surface area (Å²) in [4.78, 5) is 11.9. The van der Waals surface area contributed by atoms with Gasteiger partial charge in [-0.15, -0.1) is 0 Å². The van der Waals surface area contributed by atoms with E-state index in [0.29, 0.717) is 19.3 Å². The molecule has 26 heavy (non-hydrogen) atoms. The molecule has 0 bridgehead atoms. The number of aliphatic hydroxyl groups is 4. The lowest BCUT2D eigenvalue weighted by atomic mass is 9.46. The average Bonchev–Trinajstić information content (AvgIpc) is 2.84. The number of rotatable bonds is 2. The normalized spacial score (nSPS) is 51.9. The van der Waals surface area contributed by atoms with Crippen molar-refractivity contribution in [2.24, 2.45) is 34.5 Å². The van der Waals surface area contributed by atoms with E-state index < -0.39 is 24.2 Å². The molecule has 3 saturated carbocycles. The third-order valence-corrected chi connectivity index (χ3v) is 8.60. The molecule has 0 aliphatic heterocycles. The van der Waals surface area contributed by atoms with Gasteiger partial charge in [0.25, 0.3) is 0 Å². The largest absolute Gasteiger partial charge is 0.394 e. The van der Waals surface area contributed by atoms with Crippen molar-refractivity contribution in [3.63, 3.8) is 0 Å². The Balaban J connectivity index is 1.71. The van der Waals surface area contributed by atoms with Crippen molar-refractivity contribution >= 4 is 5.78 Å². The van der Waals surface area contributed by atoms with Crippen LogP contribution in [0.1, 0.15) is 52.4 Å². The van der Waals surface area contributed by atoms with E-state index in [1.165, 1.54) is 5.57 Å². The van der Waals surface area contributed by atoms with Crippen LogP contribution in [0.3, 0.4) is 0 Å². The molecule has 4 aliphatic carbocycles. The van der Waals surface area contributed by atoms with Gasteiger partial charge in [0.1, 0.15) is 0 Å². The maximum Gasteiger partial charge on any atom is 0.155 e. The molecule has 4 aliphatic rings. The molecule has 9 atom stereocenters. The highest BCUT2D eigenvalue weighted by molar-refractivity contribution is 5.91. The van der Waals surface area contributed by atoms with Crippen LogP contribution in [0.4, 0.5) is 0 Å². The average molecular weight is 364 g/mol. The van der Waals surface area contributed by atoms with Crippen molar-refractivity contribution in [1.29, 1.82) is 0 Å². The third-order valence-electron chi connectivity index (χ3n) is 8.60. The van der Waals surface area contributed by atoms with Crippen molar-refractivity contribution in [2.45, 2.75) is 70.7 Å². The van der Waals surface area contributed by atoms with E-state index in [1.54, 1.807) is 0 Å². The van der Waals surface area contributed by atoms with Gasteiger partial charge in [0.2, 0.25) is 0 Å². The zero-order valence-corrected chi connectivity index (χ0v) is 15.8. The van der Waals surface area contributed by atoms with Gasteiger partial charge in [-0.1, -0.05) is 19.4 Å². The van der Waals surface area contributed by atoms with E-state index in [2.05, 4.69) is 13.8 Å². The van der Waals surface area contributed by atoms with Gasteiger partial charge in [0.15, 0.2) is 5.78 Å². The molecule has 4 N–H and O–H groups in total. The highest BCUT2D eigenvalue weighted by Crippen LogP contribution is 2.66. The summed E-state index contributed by atoms with van der Waals surface area (Å²) in [5.74, 6) is 0.419. The molecule has 4 rings (SSSR count). The lowest BCUT2D eigenvalue weighted by molar-refractivity contribution is -0.146. The Labute approximate surface area is 155 Å². The minimum absolute atomic E-state index is 0.103.